The summed E-state index contributed by atoms with van der Waals surface area (Å²) in [6.07, 6.45) is 6.20. The maximum absolute atomic E-state index is 15.5. The molecule has 2 fully saturated rings. The summed E-state index contributed by atoms with van der Waals surface area (Å²) in [5.41, 5.74) is 2.40. The van der Waals surface area contributed by atoms with Crippen LogP contribution in [0.2, 0.25) is 5.02 Å². The Morgan fingerprint density at radius 2 is 1.88 bits per heavy atom. The minimum absolute atomic E-state index is 0.178. The van der Waals surface area contributed by atoms with Crippen LogP contribution in [0.25, 0.3) is 22.0 Å². The van der Waals surface area contributed by atoms with Gasteiger partial charge in [0.2, 0.25) is 5.84 Å². The number of rotatable bonds is 6. The van der Waals surface area contributed by atoms with Crippen molar-refractivity contribution in [2.24, 2.45) is 10.4 Å². The summed E-state index contributed by atoms with van der Waals surface area (Å²) in [5.74, 6) is 0.409. The molecule has 2 saturated heterocycles. The molecule has 9 nitrogen and oxygen atoms in total. The molecule has 3 aliphatic heterocycles. The van der Waals surface area contributed by atoms with E-state index in [1.807, 2.05) is 0 Å². The Bertz CT molecular complexity index is 1710. The van der Waals surface area contributed by atoms with Crippen LogP contribution in [0.15, 0.2) is 60.0 Å². The highest BCUT2D eigenvalue weighted by atomic mass is 35.5. The lowest BCUT2D eigenvalue weighted by atomic mass is 9.87. The Hall–Kier alpha value is -3.54. The molecule has 0 spiro atoms. The minimum atomic E-state index is -0.648. The molecule has 1 atom stereocenters. The number of fused-ring (bicyclic) bond motifs is 3. The van der Waals surface area contributed by atoms with Crippen molar-refractivity contribution in [3.8, 4) is 22.9 Å². The predicted octanol–water partition coefficient (Wildman–Crippen LogP) is 6.65. The van der Waals surface area contributed by atoms with E-state index in [9.17, 15) is 5.21 Å². The Balaban J connectivity index is 1.22. The molecule has 2 aromatic carbocycles. The Labute approximate surface area is 247 Å². The van der Waals surface area contributed by atoms with E-state index in [-0.39, 0.29) is 28.1 Å². The van der Waals surface area contributed by atoms with Crippen LogP contribution < -0.4 is 9.38 Å². The average molecular weight is 589 g/mol. The van der Waals surface area contributed by atoms with Gasteiger partial charge < -0.3 is 19.6 Å². The summed E-state index contributed by atoms with van der Waals surface area (Å²) >= 11 is 6.64. The van der Waals surface area contributed by atoms with Crippen molar-refractivity contribution in [1.82, 2.24) is 24.5 Å². The fraction of sp³-hybridized carbons (Fsp3) is 0.355. The number of nitrogens with zero attached hydrogens (tertiary/aromatic N) is 6. The number of amidine groups is 1. The number of pyridine rings is 1. The van der Waals surface area contributed by atoms with E-state index in [0.717, 1.165) is 45.7 Å². The molecule has 0 N–H and O–H groups in total. The first-order valence-corrected chi connectivity index (χ1v) is 14.4. The van der Waals surface area contributed by atoms with Gasteiger partial charge in [0.05, 0.1) is 35.3 Å². The van der Waals surface area contributed by atoms with E-state index in [0.29, 0.717) is 39.4 Å². The second kappa shape index (κ2) is 10.3. The standard InChI is InChI=1S/C31H30ClFN6O3/c1-19-37-28-15-36-27-14-26(33)23(22-5-4-21(12-25(22)32)42-30-34-8-3-9-35-30)13-24(27)29(28)39(19,40)20-6-10-38(11-7-20)16-31(2)17-41-18-31/h3-5,8-9,12-15,20H,6-7,10-11,16-18H2,1-2H3. The monoisotopic (exact) mass is 588 g/mol. The summed E-state index contributed by atoms with van der Waals surface area (Å²) in [5, 5.41) is 15.8. The van der Waals surface area contributed by atoms with Crippen molar-refractivity contribution in [3.05, 3.63) is 71.0 Å². The maximum atomic E-state index is 15.5. The number of quaternary nitrogens is 1. The van der Waals surface area contributed by atoms with E-state index in [1.165, 1.54) is 6.07 Å². The zero-order valence-corrected chi connectivity index (χ0v) is 24.1. The SMILES string of the molecule is CC1=Nc2cnc3cc(F)c(-c4ccc(Oc5ncccn5)cc4Cl)cc3c2[N+]1([O-])C1CCN(CC2(C)COC2)CC1. The van der Waals surface area contributed by atoms with Gasteiger partial charge in [0.25, 0.3) is 0 Å². The van der Waals surface area contributed by atoms with Gasteiger partial charge in [-0.3, -0.25) is 9.63 Å². The first-order chi connectivity index (χ1) is 20.2. The number of hydrogen-bond acceptors (Lipinski definition) is 8. The van der Waals surface area contributed by atoms with Crippen LogP contribution >= 0.6 is 11.6 Å². The van der Waals surface area contributed by atoms with Gasteiger partial charge >= 0.3 is 6.01 Å². The van der Waals surface area contributed by atoms with Crippen molar-refractivity contribution in [2.45, 2.75) is 32.7 Å². The molecule has 2 aromatic heterocycles. The predicted molar refractivity (Wildman–Crippen MR) is 161 cm³/mol. The van der Waals surface area contributed by atoms with E-state index in [2.05, 4.69) is 31.8 Å². The molecule has 0 bridgehead atoms. The lowest BCUT2D eigenvalue weighted by Crippen LogP contribution is -2.59. The topological polar surface area (TPSA) is 95.8 Å². The third-order valence-electron chi connectivity index (χ3n) is 8.56. The second-order valence-corrected chi connectivity index (χ2v) is 12.2. The van der Waals surface area contributed by atoms with Gasteiger partial charge in [-0.15, -0.1) is 0 Å². The highest BCUT2D eigenvalue weighted by Gasteiger charge is 2.45. The third kappa shape index (κ3) is 4.63. The highest BCUT2D eigenvalue weighted by Crippen LogP contribution is 2.49. The number of likely N-dealkylation sites (tertiary alicyclic amines) is 1. The maximum Gasteiger partial charge on any atom is 0.321 e. The molecular formula is C31H30ClFN6O3. The number of benzene rings is 2. The number of hydrogen-bond donors (Lipinski definition) is 0. The molecule has 42 heavy (non-hydrogen) atoms. The molecule has 7 rings (SSSR count). The summed E-state index contributed by atoms with van der Waals surface area (Å²) in [6, 6.07) is 9.68. The van der Waals surface area contributed by atoms with Crippen LogP contribution in [0, 0.1) is 16.4 Å². The van der Waals surface area contributed by atoms with Gasteiger partial charge in [-0.05, 0) is 24.3 Å². The van der Waals surface area contributed by atoms with Crippen molar-refractivity contribution in [3.63, 3.8) is 0 Å². The van der Waals surface area contributed by atoms with Crippen LogP contribution in [0.4, 0.5) is 15.8 Å². The van der Waals surface area contributed by atoms with E-state index < -0.39 is 10.5 Å². The van der Waals surface area contributed by atoms with Crippen molar-refractivity contribution in [1.29, 1.82) is 0 Å². The number of aliphatic imine (C=N–C) groups is 1. The molecule has 11 heteroatoms. The summed E-state index contributed by atoms with van der Waals surface area (Å²) in [4.78, 5) is 19.7. The fourth-order valence-corrected chi connectivity index (χ4v) is 6.70. The molecule has 3 aliphatic rings. The van der Waals surface area contributed by atoms with Gasteiger partial charge in [0.15, 0.2) is 5.69 Å². The number of piperidine rings is 1. The number of halogens is 2. The molecule has 5 heterocycles. The zero-order chi connectivity index (χ0) is 29.1. The Kier molecular flexibility index (Phi) is 6.71. The van der Waals surface area contributed by atoms with E-state index in [1.54, 1.807) is 55.8 Å². The van der Waals surface area contributed by atoms with Crippen LogP contribution in [0.3, 0.4) is 0 Å². The Morgan fingerprint density at radius 1 is 1.12 bits per heavy atom. The fourth-order valence-electron chi connectivity index (χ4n) is 6.43. The highest BCUT2D eigenvalue weighted by molar-refractivity contribution is 6.33. The van der Waals surface area contributed by atoms with Gasteiger partial charge in [-0.1, -0.05) is 18.5 Å². The molecule has 0 amide bonds. The molecule has 4 aromatic rings. The van der Waals surface area contributed by atoms with E-state index >= 15 is 4.39 Å². The van der Waals surface area contributed by atoms with E-state index in [4.69, 9.17) is 21.1 Å². The van der Waals surface area contributed by atoms with Crippen LogP contribution in [-0.2, 0) is 4.74 Å². The molecule has 0 saturated carbocycles. The lowest BCUT2D eigenvalue weighted by Gasteiger charge is -2.49. The molecule has 216 valence electrons. The quantitative estimate of drug-likeness (QED) is 0.184. The molecule has 1 unspecified atom stereocenters. The summed E-state index contributed by atoms with van der Waals surface area (Å²) in [7, 11) is 0. The van der Waals surface area contributed by atoms with Crippen LogP contribution in [0.1, 0.15) is 26.7 Å². The first-order valence-electron chi connectivity index (χ1n) is 14.1. The minimum Gasteiger partial charge on any atom is -0.621 e. The van der Waals surface area contributed by atoms with Gasteiger partial charge in [-0.25, -0.2) is 14.4 Å². The number of ether oxygens (including phenoxy) is 2. The van der Waals surface area contributed by atoms with Crippen molar-refractivity contribution < 1.29 is 13.9 Å². The van der Waals surface area contributed by atoms with Crippen LogP contribution in [0.5, 0.6) is 11.8 Å². The zero-order valence-electron chi connectivity index (χ0n) is 23.4. The number of hydroxylamine groups is 2. The Morgan fingerprint density at radius 3 is 2.57 bits per heavy atom. The van der Waals surface area contributed by atoms with Gasteiger partial charge in [0, 0.05) is 80.5 Å². The van der Waals surface area contributed by atoms with Gasteiger partial charge in [-0.2, -0.15) is 4.99 Å². The van der Waals surface area contributed by atoms with Crippen LogP contribution in [-0.4, -0.2) is 64.6 Å². The average Bonchev–Trinajstić information content (AvgIpc) is 3.23. The second-order valence-electron chi connectivity index (χ2n) is 11.7. The molecular weight excluding hydrogens is 559 g/mol. The number of aromatic nitrogens is 3. The molecule has 0 radical (unpaired) electrons. The lowest BCUT2D eigenvalue weighted by molar-refractivity contribution is -0.117. The molecule has 0 aliphatic carbocycles. The van der Waals surface area contributed by atoms with Gasteiger partial charge in [0.1, 0.15) is 23.3 Å². The van der Waals surface area contributed by atoms with Crippen molar-refractivity contribution >= 4 is 39.7 Å². The normalized spacial score (nSPS) is 22.1. The summed E-state index contributed by atoms with van der Waals surface area (Å²) < 4.78 is 26.0. The summed E-state index contributed by atoms with van der Waals surface area (Å²) in [6.45, 7) is 8.25. The first kappa shape index (κ1) is 27.3. The largest absolute Gasteiger partial charge is 0.621 e. The smallest absolute Gasteiger partial charge is 0.321 e. The third-order valence-corrected chi connectivity index (χ3v) is 8.88. The van der Waals surface area contributed by atoms with Crippen molar-refractivity contribution in [2.75, 3.05) is 32.8 Å².